The summed E-state index contributed by atoms with van der Waals surface area (Å²) in [6.45, 7) is 14.2. The summed E-state index contributed by atoms with van der Waals surface area (Å²) in [6.07, 6.45) is 5.27. The van der Waals surface area contributed by atoms with E-state index < -0.39 is 0 Å². The number of rotatable bonds is 9. The third kappa shape index (κ3) is 10.0. The van der Waals surface area contributed by atoms with Crippen LogP contribution in [0, 0.1) is 24.2 Å². The summed E-state index contributed by atoms with van der Waals surface area (Å²) in [7, 11) is 0. The maximum absolute atomic E-state index is 6.05. The van der Waals surface area contributed by atoms with E-state index >= 15 is 0 Å². The van der Waals surface area contributed by atoms with Crippen LogP contribution in [0.5, 0.6) is 5.75 Å². The van der Waals surface area contributed by atoms with Crippen LogP contribution in [-0.4, -0.2) is 18.0 Å². The Bertz CT molecular complexity index is 855. The molecule has 2 aromatic rings. The second kappa shape index (κ2) is 13.2. The largest absolute Gasteiger partial charge is 0.489 e. The first-order valence-corrected chi connectivity index (χ1v) is 10.5. The lowest BCUT2D eigenvalue weighted by Gasteiger charge is -2.20. The first-order chi connectivity index (χ1) is 13.9. The maximum Gasteiger partial charge on any atom is 0.120 e. The van der Waals surface area contributed by atoms with Crippen LogP contribution in [-0.2, 0) is 13.2 Å². The fourth-order valence-corrected chi connectivity index (χ4v) is 2.99. The third-order valence-corrected chi connectivity index (χ3v) is 4.51. The number of aryl methyl sites for hydroxylation is 1. The summed E-state index contributed by atoms with van der Waals surface area (Å²) in [4.78, 5) is 2.44. The fourth-order valence-electron chi connectivity index (χ4n) is 2.99. The van der Waals surface area contributed by atoms with Gasteiger partial charge in [-0.05, 0) is 75.6 Å². The molecule has 3 heteroatoms. The Kier molecular flexibility index (Phi) is 11.3. The fraction of sp³-hybridized carbons (Fsp3) is 0.407. The molecule has 0 N–H and O–H groups in total. The van der Waals surface area contributed by atoms with Crippen LogP contribution in [0.1, 0.15) is 50.8 Å². The van der Waals surface area contributed by atoms with Gasteiger partial charge < -0.3 is 4.74 Å². The van der Waals surface area contributed by atoms with Gasteiger partial charge >= 0.3 is 0 Å². The lowest BCUT2D eigenvalue weighted by atomic mass is 9.98. The highest BCUT2D eigenvalue weighted by molar-refractivity contribution is 5.85. The van der Waals surface area contributed by atoms with E-state index in [1.807, 2.05) is 12.1 Å². The van der Waals surface area contributed by atoms with Crippen LogP contribution in [0.15, 0.2) is 60.7 Å². The van der Waals surface area contributed by atoms with E-state index in [2.05, 4.69) is 99.9 Å². The standard InChI is InChI=1S/C27H35NO.ClH/c1-6-18-28(19-11-7-10-17-27(3,4)5)21-24-14-12-16-26(20-24)29-22-25-15-9-8-13-23(25)2;/h7-9,11-16,20H,6,18-19,21-22H2,1-5H3;1H/b11-7+;. The van der Waals surface area contributed by atoms with E-state index in [1.54, 1.807) is 0 Å². The maximum atomic E-state index is 6.05. The van der Waals surface area contributed by atoms with E-state index in [1.165, 1.54) is 16.7 Å². The highest BCUT2D eigenvalue weighted by Crippen LogP contribution is 2.18. The molecule has 2 nitrogen and oxygen atoms in total. The molecular weight excluding hydrogens is 390 g/mol. The molecule has 0 saturated heterocycles. The molecule has 0 radical (unpaired) electrons. The van der Waals surface area contributed by atoms with Gasteiger partial charge in [-0.25, -0.2) is 0 Å². The van der Waals surface area contributed by atoms with E-state index in [0.29, 0.717) is 6.61 Å². The highest BCUT2D eigenvalue weighted by Gasteiger charge is 2.06. The van der Waals surface area contributed by atoms with Crippen molar-refractivity contribution < 1.29 is 4.74 Å². The first kappa shape index (κ1) is 25.8. The van der Waals surface area contributed by atoms with E-state index in [-0.39, 0.29) is 17.8 Å². The van der Waals surface area contributed by atoms with Crippen molar-refractivity contribution >= 4 is 12.4 Å². The molecule has 0 fully saturated rings. The van der Waals surface area contributed by atoms with Gasteiger partial charge in [0.1, 0.15) is 12.4 Å². The molecule has 0 aromatic heterocycles. The quantitative estimate of drug-likeness (QED) is 0.409. The van der Waals surface area contributed by atoms with Crippen molar-refractivity contribution in [1.82, 2.24) is 4.90 Å². The summed E-state index contributed by atoms with van der Waals surface area (Å²) in [5.41, 5.74) is 3.81. The summed E-state index contributed by atoms with van der Waals surface area (Å²) < 4.78 is 6.05. The molecule has 0 amide bonds. The molecule has 0 unspecified atom stereocenters. The summed E-state index contributed by atoms with van der Waals surface area (Å²) >= 11 is 0. The zero-order valence-electron chi connectivity index (χ0n) is 19.1. The lowest BCUT2D eigenvalue weighted by Crippen LogP contribution is -2.24. The van der Waals surface area contributed by atoms with Crippen LogP contribution < -0.4 is 4.74 Å². The minimum absolute atomic E-state index is 0. The Morgan fingerprint density at radius 1 is 1.07 bits per heavy atom. The summed E-state index contributed by atoms with van der Waals surface area (Å²) in [5.74, 6) is 7.32. The van der Waals surface area contributed by atoms with Crippen LogP contribution in [0.3, 0.4) is 0 Å². The van der Waals surface area contributed by atoms with Crippen molar-refractivity contribution in [3.05, 3.63) is 77.4 Å². The van der Waals surface area contributed by atoms with Crippen molar-refractivity contribution in [2.45, 2.75) is 54.2 Å². The van der Waals surface area contributed by atoms with Crippen molar-refractivity contribution in [2.75, 3.05) is 13.1 Å². The van der Waals surface area contributed by atoms with E-state index in [4.69, 9.17) is 4.74 Å². The molecule has 0 saturated carbocycles. The molecule has 162 valence electrons. The van der Waals surface area contributed by atoms with Gasteiger partial charge in [-0.15, -0.1) is 12.4 Å². The second-order valence-electron chi connectivity index (χ2n) is 8.52. The van der Waals surface area contributed by atoms with Gasteiger partial charge in [-0.1, -0.05) is 61.2 Å². The lowest BCUT2D eigenvalue weighted by molar-refractivity contribution is 0.290. The first-order valence-electron chi connectivity index (χ1n) is 10.5. The third-order valence-electron chi connectivity index (χ3n) is 4.51. The second-order valence-corrected chi connectivity index (χ2v) is 8.52. The molecule has 0 aliphatic rings. The van der Waals surface area contributed by atoms with Gasteiger partial charge in [0.25, 0.3) is 0 Å². The number of ether oxygens (including phenoxy) is 1. The van der Waals surface area contributed by atoms with Crippen molar-refractivity contribution in [3.63, 3.8) is 0 Å². The van der Waals surface area contributed by atoms with Crippen molar-refractivity contribution in [2.24, 2.45) is 5.41 Å². The average molecular weight is 426 g/mol. The molecule has 0 aliphatic carbocycles. The summed E-state index contributed by atoms with van der Waals surface area (Å²) in [6, 6.07) is 16.8. The molecule has 0 bridgehead atoms. The number of nitrogens with zero attached hydrogens (tertiary/aromatic N) is 1. The minimum atomic E-state index is 0. The molecule has 0 spiro atoms. The molecule has 0 aliphatic heterocycles. The minimum Gasteiger partial charge on any atom is -0.489 e. The molecule has 30 heavy (non-hydrogen) atoms. The Morgan fingerprint density at radius 2 is 1.83 bits per heavy atom. The normalized spacial score (nSPS) is 11.1. The number of halogens is 1. The highest BCUT2D eigenvalue weighted by atomic mass is 35.5. The smallest absolute Gasteiger partial charge is 0.120 e. The predicted octanol–water partition coefficient (Wildman–Crippen LogP) is 6.81. The van der Waals surface area contributed by atoms with Gasteiger partial charge in [0.05, 0.1) is 0 Å². The van der Waals surface area contributed by atoms with Crippen LogP contribution in [0.25, 0.3) is 0 Å². The average Bonchev–Trinajstić information content (AvgIpc) is 2.66. The zero-order chi connectivity index (χ0) is 21.1. The van der Waals surface area contributed by atoms with Crippen molar-refractivity contribution in [3.8, 4) is 17.6 Å². The summed E-state index contributed by atoms with van der Waals surface area (Å²) in [5, 5.41) is 0. The Labute approximate surface area is 189 Å². The number of hydrogen-bond donors (Lipinski definition) is 0. The molecule has 0 atom stereocenters. The Balaban J connectivity index is 0.00000450. The molecule has 0 heterocycles. The topological polar surface area (TPSA) is 12.5 Å². The van der Waals surface area contributed by atoms with Crippen molar-refractivity contribution in [1.29, 1.82) is 0 Å². The van der Waals surface area contributed by atoms with E-state index in [9.17, 15) is 0 Å². The molecule has 2 aromatic carbocycles. The zero-order valence-corrected chi connectivity index (χ0v) is 19.9. The van der Waals surface area contributed by atoms with Gasteiger partial charge in [0, 0.05) is 18.5 Å². The Hall–Kier alpha value is -2.21. The number of hydrogen-bond acceptors (Lipinski definition) is 2. The monoisotopic (exact) mass is 425 g/mol. The molecular formula is C27H36ClNO. The Morgan fingerprint density at radius 3 is 2.53 bits per heavy atom. The molecule has 2 rings (SSSR count). The van der Waals surface area contributed by atoms with Crippen LogP contribution in [0.4, 0.5) is 0 Å². The van der Waals surface area contributed by atoms with Gasteiger partial charge in [-0.3, -0.25) is 4.90 Å². The number of benzene rings is 2. The SMILES string of the molecule is CCCN(C/C=C/C#CC(C)(C)C)Cc1cccc(OCc2ccccc2C)c1.Cl. The van der Waals surface area contributed by atoms with E-state index in [0.717, 1.165) is 31.8 Å². The number of allylic oxidation sites excluding steroid dienone is 1. The van der Waals surface area contributed by atoms with Gasteiger partial charge in [0.15, 0.2) is 0 Å². The van der Waals surface area contributed by atoms with Crippen LogP contribution >= 0.6 is 12.4 Å². The van der Waals surface area contributed by atoms with Crippen LogP contribution in [0.2, 0.25) is 0 Å². The predicted molar refractivity (Wildman–Crippen MR) is 131 cm³/mol. The van der Waals surface area contributed by atoms with Gasteiger partial charge in [0.2, 0.25) is 0 Å². The van der Waals surface area contributed by atoms with Gasteiger partial charge in [-0.2, -0.15) is 0 Å².